The Bertz CT molecular complexity index is 588. The third kappa shape index (κ3) is 2.78. The van der Waals surface area contributed by atoms with E-state index in [1.165, 1.54) is 0 Å². The smallest absolute Gasteiger partial charge is 0.410 e. The molecule has 0 radical (unpaired) electrons. The summed E-state index contributed by atoms with van der Waals surface area (Å²) >= 11 is 0. The molecule has 3 rings (SSSR count). The number of carbonyl (C=O) groups is 2. The Labute approximate surface area is 130 Å². The van der Waals surface area contributed by atoms with Gasteiger partial charge in [-0.1, -0.05) is 18.2 Å². The summed E-state index contributed by atoms with van der Waals surface area (Å²) in [6, 6.07) is 7.71. The fourth-order valence-corrected chi connectivity index (χ4v) is 3.05. The zero-order valence-corrected chi connectivity index (χ0v) is 13.0. The van der Waals surface area contributed by atoms with Crippen molar-refractivity contribution in [2.75, 3.05) is 40.3 Å². The molecule has 2 fully saturated rings. The van der Waals surface area contributed by atoms with Crippen LogP contribution >= 0.6 is 0 Å². The van der Waals surface area contributed by atoms with E-state index in [-0.39, 0.29) is 18.0 Å². The number of hydrogen-bond acceptors (Lipinski definition) is 4. The highest BCUT2D eigenvalue weighted by atomic mass is 16.6. The first-order chi connectivity index (χ1) is 10.6. The quantitative estimate of drug-likeness (QED) is 0.837. The van der Waals surface area contributed by atoms with E-state index in [1.54, 1.807) is 4.90 Å². The molecule has 0 aromatic heterocycles. The van der Waals surface area contributed by atoms with E-state index in [9.17, 15) is 9.59 Å². The van der Waals surface area contributed by atoms with Gasteiger partial charge in [0.25, 0.3) is 5.91 Å². The van der Waals surface area contributed by atoms with Crippen molar-refractivity contribution in [1.29, 1.82) is 0 Å². The molecule has 118 valence electrons. The molecular weight excluding hydrogens is 282 g/mol. The molecule has 2 saturated heterocycles. The molecule has 0 saturated carbocycles. The minimum absolute atomic E-state index is 0.00814. The van der Waals surface area contributed by atoms with Gasteiger partial charge in [-0.25, -0.2) is 4.79 Å². The first-order valence-corrected chi connectivity index (χ1v) is 7.51. The molecule has 1 atom stereocenters. The predicted octanol–water partition coefficient (Wildman–Crippen LogP) is 1.02. The van der Waals surface area contributed by atoms with Crippen LogP contribution < -0.4 is 0 Å². The van der Waals surface area contributed by atoms with Crippen LogP contribution in [0.3, 0.4) is 0 Å². The van der Waals surface area contributed by atoms with Crippen molar-refractivity contribution in [3.05, 3.63) is 35.4 Å². The summed E-state index contributed by atoms with van der Waals surface area (Å²) in [7, 11) is 3.98. The van der Waals surface area contributed by atoms with E-state index in [0.717, 1.165) is 17.7 Å². The molecule has 2 aliphatic rings. The van der Waals surface area contributed by atoms with Gasteiger partial charge in [0, 0.05) is 31.7 Å². The number of piperazine rings is 1. The molecule has 22 heavy (non-hydrogen) atoms. The second-order valence-electron chi connectivity index (χ2n) is 6.07. The summed E-state index contributed by atoms with van der Waals surface area (Å²) in [5.74, 6) is 0.0384. The number of rotatable bonds is 3. The maximum Gasteiger partial charge on any atom is 0.410 e. The van der Waals surface area contributed by atoms with Crippen LogP contribution in [-0.2, 0) is 11.3 Å². The Morgan fingerprint density at radius 3 is 2.86 bits per heavy atom. The molecule has 0 spiro atoms. The standard InChI is InChI=1S/C16H21N3O3/c1-17(2)9-12-5-3-4-6-14(12)15(20)18-7-8-19-13(10-18)11-22-16(19)21/h3-6,13H,7-11H2,1-2H3. The first kappa shape index (κ1) is 14.8. The SMILES string of the molecule is CN(C)Cc1ccccc1C(=O)N1CCN2C(=O)OCC2C1. The summed E-state index contributed by atoms with van der Waals surface area (Å²) in [5, 5.41) is 0. The third-order valence-electron chi connectivity index (χ3n) is 4.14. The van der Waals surface area contributed by atoms with Crippen molar-refractivity contribution < 1.29 is 14.3 Å². The van der Waals surface area contributed by atoms with Gasteiger partial charge in [-0.05, 0) is 25.7 Å². The van der Waals surface area contributed by atoms with Crippen LogP contribution in [0.1, 0.15) is 15.9 Å². The van der Waals surface area contributed by atoms with Crippen molar-refractivity contribution in [1.82, 2.24) is 14.7 Å². The highest BCUT2D eigenvalue weighted by Gasteiger charge is 2.39. The Balaban J connectivity index is 1.76. The summed E-state index contributed by atoms with van der Waals surface area (Å²) in [6.07, 6.45) is -0.259. The summed E-state index contributed by atoms with van der Waals surface area (Å²) < 4.78 is 5.05. The van der Waals surface area contributed by atoms with E-state index >= 15 is 0 Å². The lowest BCUT2D eigenvalue weighted by atomic mass is 10.0. The fraction of sp³-hybridized carbons (Fsp3) is 0.500. The summed E-state index contributed by atoms with van der Waals surface area (Å²) in [4.78, 5) is 30.0. The van der Waals surface area contributed by atoms with Crippen LogP contribution in [-0.4, -0.2) is 73.1 Å². The zero-order chi connectivity index (χ0) is 15.7. The number of nitrogens with zero attached hydrogens (tertiary/aromatic N) is 3. The lowest BCUT2D eigenvalue weighted by molar-refractivity contribution is 0.0615. The van der Waals surface area contributed by atoms with E-state index in [2.05, 4.69) is 0 Å². The number of hydrogen-bond donors (Lipinski definition) is 0. The van der Waals surface area contributed by atoms with Gasteiger partial charge in [0.1, 0.15) is 6.61 Å². The van der Waals surface area contributed by atoms with Gasteiger partial charge >= 0.3 is 6.09 Å². The molecular formula is C16H21N3O3. The molecule has 1 aromatic carbocycles. The normalized spacial score (nSPS) is 21.0. The number of benzene rings is 1. The highest BCUT2D eigenvalue weighted by Crippen LogP contribution is 2.21. The Morgan fingerprint density at radius 1 is 1.32 bits per heavy atom. The maximum atomic E-state index is 12.8. The number of ether oxygens (including phenoxy) is 1. The fourth-order valence-electron chi connectivity index (χ4n) is 3.05. The predicted molar refractivity (Wildman–Crippen MR) is 81.6 cm³/mol. The molecule has 1 aromatic rings. The second-order valence-corrected chi connectivity index (χ2v) is 6.07. The molecule has 2 heterocycles. The van der Waals surface area contributed by atoms with Crippen molar-refractivity contribution >= 4 is 12.0 Å². The van der Waals surface area contributed by atoms with Crippen LogP contribution in [0.4, 0.5) is 4.79 Å². The van der Waals surface area contributed by atoms with Crippen LogP contribution in [0, 0.1) is 0 Å². The molecule has 2 amide bonds. The molecule has 6 nitrogen and oxygen atoms in total. The minimum atomic E-state index is -0.259. The third-order valence-corrected chi connectivity index (χ3v) is 4.14. The van der Waals surface area contributed by atoms with E-state index < -0.39 is 0 Å². The number of fused-ring (bicyclic) bond motifs is 1. The monoisotopic (exact) mass is 303 g/mol. The highest BCUT2D eigenvalue weighted by molar-refractivity contribution is 5.96. The number of cyclic esters (lactones) is 1. The molecule has 6 heteroatoms. The van der Waals surface area contributed by atoms with Crippen molar-refractivity contribution in [2.45, 2.75) is 12.6 Å². The second kappa shape index (κ2) is 5.96. The lowest BCUT2D eigenvalue weighted by Crippen LogP contribution is -2.53. The van der Waals surface area contributed by atoms with Crippen LogP contribution in [0.25, 0.3) is 0 Å². The van der Waals surface area contributed by atoms with Crippen molar-refractivity contribution in [2.24, 2.45) is 0 Å². The van der Waals surface area contributed by atoms with Crippen LogP contribution in [0.2, 0.25) is 0 Å². The average molecular weight is 303 g/mol. The van der Waals surface area contributed by atoms with Gasteiger partial charge in [-0.3, -0.25) is 9.69 Å². The zero-order valence-electron chi connectivity index (χ0n) is 13.0. The molecule has 1 unspecified atom stereocenters. The van der Waals surface area contributed by atoms with Gasteiger partial charge in [0.2, 0.25) is 0 Å². The van der Waals surface area contributed by atoms with Gasteiger partial charge < -0.3 is 14.5 Å². The Morgan fingerprint density at radius 2 is 2.09 bits per heavy atom. The minimum Gasteiger partial charge on any atom is -0.447 e. The van der Waals surface area contributed by atoms with E-state index in [4.69, 9.17) is 4.74 Å². The number of amides is 2. The molecule has 0 bridgehead atoms. The lowest BCUT2D eigenvalue weighted by Gasteiger charge is -2.35. The average Bonchev–Trinajstić information content (AvgIpc) is 2.87. The van der Waals surface area contributed by atoms with E-state index in [0.29, 0.717) is 26.2 Å². The number of carbonyl (C=O) groups excluding carboxylic acids is 2. The van der Waals surface area contributed by atoms with Gasteiger partial charge in [0.05, 0.1) is 6.04 Å². The van der Waals surface area contributed by atoms with Crippen molar-refractivity contribution in [3.8, 4) is 0 Å². The summed E-state index contributed by atoms with van der Waals surface area (Å²) in [5.41, 5.74) is 1.77. The Hall–Kier alpha value is -2.08. The largest absolute Gasteiger partial charge is 0.447 e. The van der Waals surface area contributed by atoms with Gasteiger partial charge in [0.15, 0.2) is 0 Å². The summed E-state index contributed by atoms with van der Waals surface area (Å²) in [6.45, 7) is 2.75. The van der Waals surface area contributed by atoms with Crippen LogP contribution in [0.15, 0.2) is 24.3 Å². The molecule has 0 aliphatic carbocycles. The topological polar surface area (TPSA) is 53.1 Å². The van der Waals surface area contributed by atoms with Gasteiger partial charge in [-0.2, -0.15) is 0 Å². The Kier molecular flexibility index (Phi) is 4.02. The van der Waals surface area contributed by atoms with Gasteiger partial charge in [-0.15, -0.1) is 0 Å². The van der Waals surface area contributed by atoms with Crippen molar-refractivity contribution in [3.63, 3.8) is 0 Å². The van der Waals surface area contributed by atoms with E-state index in [1.807, 2.05) is 48.2 Å². The molecule has 0 N–H and O–H groups in total. The van der Waals surface area contributed by atoms with Crippen LogP contribution in [0.5, 0.6) is 0 Å². The maximum absolute atomic E-state index is 12.8. The molecule has 2 aliphatic heterocycles. The first-order valence-electron chi connectivity index (χ1n) is 7.51.